The third kappa shape index (κ3) is 1.69. The van der Waals surface area contributed by atoms with Crippen molar-refractivity contribution in [2.45, 2.75) is 13.0 Å². The van der Waals surface area contributed by atoms with Gasteiger partial charge in [0.1, 0.15) is 0 Å². The van der Waals surface area contributed by atoms with Crippen LogP contribution < -0.4 is 5.32 Å². The van der Waals surface area contributed by atoms with Crippen LogP contribution in [0.2, 0.25) is 0 Å². The minimum Gasteiger partial charge on any atom is -0.286 e. The van der Waals surface area contributed by atoms with Gasteiger partial charge in [0.25, 0.3) is 0 Å². The summed E-state index contributed by atoms with van der Waals surface area (Å²) in [7, 11) is 0. The maximum atomic E-state index is 8.56. The van der Waals surface area contributed by atoms with Crippen molar-refractivity contribution in [2.24, 2.45) is 0 Å². The minimum absolute atomic E-state index is 0.0653. The second kappa shape index (κ2) is 3.55. The highest BCUT2D eigenvalue weighted by molar-refractivity contribution is 4.89. The molecule has 1 atom stereocenters. The van der Waals surface area contributed by atoms with Crippen molar-refractivity contribution >= 4 is 0 Å². The standard InChI is InChI=1S/C7H12N3/c1-7(6-8)10-4-2-9-3-5-10/h7H,2-5H2,1H3. The lowest BCUT2D eigenvalue weighted by Crippen LogP contribution is -2.44. The maximum absolute atomic E-state index is 8.56. The van der Waals surface area contributed by atoms with E-state index in [1.807, 2.05) is 6.92 Å². The summed E-state index contributed by atoms with van der Waals surface area (Å²) in [6.45, 7) is 5.63. The molecule has 1 aliphatic rings. The number of piperazine rings is 1. The van der Waals surface area contributed by atoms with Gasteiger partial charge in [-0.1, -0.05) is 0 Å². The Morgan fingerprint density at radius 3 is 2.60 bits per heavy atom. The smallest absolute Gasteiger partial charge is 0.0950 e. The first-order valence-electron chi connectivity index (χ1n) is 3.61. The van der Waals surface area contributed by atoms with E-state index in [9.17, 15) is 0 Å². The molecule has 1 fully saturated rings. The Morgan fingerprint density at radius 2 is 2.10 bits per heavy atom. The molecule has 3 heteroatoms. The Balaban J connectivity index is 2.33. The van der Waals surface area contributed by atoms with Crippen molar-refractivity contribution in [2.75, 3.05) is 26.2 Å². The molecule has 10 heavy (non-hydrogen) atoms. The molecule has 0 aromatic heterocycles. The van der Waals surface area contributed by atoms with Crippen LogP contribution in [0.1, 0.15) is 6.92 Å². The summed E-state index contributed by atoms with van der Waals surface area (Å²) >= 11 is 0. The molecule has 0 aromatic rings. The largest absolute Gasteiger partial charge is 0.286 e. The fraction of sp³-hybridized carbons (Fsp3) is 0.857. The third-order valence-electron chi connectivity index (χ3n) is 1.83. The van der Waals surface area contributed by atoms with E-state index < -0.39 is 0 Å². The molecular weight excluding hydrogens is 126 g/mol. The lowest BCUT2D eigenvalue weighted by atomic mass is 10.2. The minimum atomic E-state index is 0.0653. The molecule has 1 heterocycles. The maximum Gasteiger partial charge on any atom is 0.0950 e. The SMILES string of the molecule is CC(C#N)N1CC[N]CC1. The fourth-order valence-corrected chi connectivity index (χ4v) is 1.09. The molecule has 0 aliphatic carbocycles. The number of nitriles is 1. The number of nitrogens with zero attached hydrogens (tertiary/aromatic N) is 3. The first-order valence-corrected chi connectivity index (χ1v) is 3.61. The summed E-state index contributed by atoms with van der Waals surface area (Å²) in [5.41, 5.74) is 0. The van der Waals surface area contributed by atoms with Crippen LogP contribution in [-0.4, -0.2) is 37.1 Å². The molecule has 1 radical (unpaired) electrons. The average molecular weight is 138 g/mol. The molecule has 0 aromatic carbocycles. The predicted octanol–water partition coefficient (Wildman–Crippen LogP) is -0.182. The van der Waals surface area contributed by atoms with Crippen LogP contribution >= 0.6 is 0 Å². The van der Waals surface area contributed by atoms with E-state index in [0.29, 0.717) is 0 Å². The van der Waals surface area contributed by atoms with Crippen molar-refractivity contribution in [1.82, 2.24) is 10.2 Å². The van der Waals surface area contributed by atoms with E-state index in [4.69, 9.17) is 5.26 Å². The monoisotopic (exact) mass is 138 g/mol. The second-order valence-corrected chi connectivity index (χ2v) is 2.51. The highest BCUT2D eigenvalue weighted by Gasteiger charge is 2.15. The number of rotatable bonds is 1. The molecule has 1 rings (SSSR count). The van der Waals surface area contributed by atoms with Gasteiger partial charge in [0.05, 0.1) is 12.1 Å². The van der Waals surface area contributed by atoms with Crippen LogP contribution in [0.4, 0.5) is 0 Å². The van der Waals surface area contributed by atoms with E-state index in [1.54, 1.807) is 0 Å². The van der Waals surface area contributed by atoms with Gasteiger partial charge in [0.2, 0.25) is 0 Å². The molecule has 0 bridgehead atoms. The number of hydrogen-bond acceptors (Lipinski definition) is 2. The zero-order chi connectivity index (χ0) is 7.40. The molecule has 55 valence electrons. The number of hydrogen-bond donors (Lipinski definition) is 0. The molecule has 1 saturated heterocycles. The Bertz CT molecular complexity index is 132. The van der Waals surface area contributed by atoms with Crippen molar-refractivity contribution in [3.05, 3.63) is 0 Å². The topological polar surface area (TPSA) is 41.1 Å². The Morgan fingerprint density at radius 1 is 1.50 bits per heavy atom. The third-order valence-corrected chi connectivity index (χ3v) is 1.83. The molecule has 0 saturated carbocycles. The van der Waals surface area contributed by atoms with Gasteiger partial charge in [-0.25, -0.2) is 5.32 Å². The van der Waals surface area contributed by atoms with Gasteiger partial charge in [-0.15, -0.1) is 0 Å². The van der Waals surface area contributed by atoms with Crippen LogP contribution in [0, 0.1) is 11.3 Å². The van der Waals surface area contributed by atoms with E-state index >= 15 is 0 Å². The van der Waals surface area contributed by atoms with Crippen LogP contribution in [-0.2, 0) is 0 Å². The normalized spacial score (nSPS) is 23.6. The predicted molar refractivity (Wildman–Crippen MR) is 38.5 cm³/mol. The first-order chi connectivity index (χ1) is 4.84. The van der Waals surface area contributed by atoms with Gasteiger partial charge in [0.15, 0.2) is 0 Å². The van der Waals surface area contributed by atoms with Crippen molar-refractivity contribution in [3.8, 4) is 6.07 Å². The lowest BCUT2D eigenvalue weighted by Gasteiger charge is -2.27. The lowest BCUT2D eigenvalue weighted by molar-refractivity contribution is 0.214. The molecule has 0 spiro atoms. The van der Waals surface area contributed by atoms with Gasteiger partial charge < -0.3 is 0 Å². The van der Waals surface area contributed by atoms with Crippen LogP contribution in [0.3, 0.4) is 0 Å². The average Bonchev–Trinajstić information content (AvgIpc) is 2.05. The molecule has 3 nitrogen and oxygen atoms in total. The fourth-order valence-electron chi connectivity index (χ4n) is 1.09. The summed E-state index contributed by atoms with van der Waals surface area (Å²) < 4.78 is 0. The van der Waals surface area contributed by atoms with Crippen LogP contribution in [0.5, 0.6) is 0 Å². The van der Waals surface area contributed by atoms with Gasteiger partial charge in [-0.2, -0.15) is 5.26 Å². The summed E-state index contributed by atoms with van der Waals surface area (Å²) in [6.07, 6.45) is 0. The first kappa shape index (κ1) is 7.52. The second-order valence-electron chi connectivity index (χ2n) is 2.51. The van der Waals surface area contributed by atoms with Gasteiger partial charge in [0, 0.05) is 26.2 Å². The van der Waals surface area contributed by atoms with Gasteiger partial charge in [-0.05, 0) is 6.92 Å². The zero-order valence-corrected chi connectivity index (χ0v) is 6.25. The van der Waals surface area contributed by atoms with E-state index in [0.717, 1.165) is 26.2 Å². The Labute approximate surface area is 61.6 Å². The van der Waals surface area contributed by atoms with E-state index in [2.05, 4.69) is 16.3 Å². The van der Waals surface area contributed by atoms with Gasteiger partial charge in [-0.3, -0.25) is 4.90 Å². The van der Waals surface area contributed by atoms with Crippen LogP contribution in [0.15, 0.2) is 0 Å². The van der Waals surface area contributed by atoms with Crippen molar-refractivity contribution < 1.29 is 0 Å². The molecule has 1 aliphatic heterocycles. The molecule has 0 N–H and O–H groups in total. The molecule has 0 amide bonds. The van der Waals surface area contributed by atoms with E-state index in [-0.39, 0.29) is 6.04 Å². The van der Waals surface area contributed by atoms with Crippen molar-refractivity contribution in [1.29, 1.82) is 5.26 Å². The van der Waals surface area contributed by atoms with E-state index in [1.165, 1.54) is 0 Å². The molecule has 1 unspecified atom stereocenters. The zero-order valence-electron chi connectivity index (χ0n) is 6.25. The molecular formula is C7H12N3. The van der Waals surface area contributed by atoms with Gasteiger partial charge >= 0.3 is 0 Å². The summed E-state index contributed by atoms with van der Waals surface area (Å²) in [6, 6.07) is 2.28. The Kier molecular flexibility index (Phi) is 2.67. The summed E-state index contributed by atoms with van der Waals surface area (Å²) in [5, 5.41) is 12.8. The highest BCUT2D eigenvalue weighted by atomic mass is 15.2. The Hall–Kier alpha value is -0.590. The summed E-state index contributed by atoms with van der Waals surface area (Å²) in [5.74, 6) is 0. The van der Waals surface area contributed by atoms with Crippen LogP contribution in [0.25, 0.3) is 0 Å². The quantitative estimate of drug-likeness (QED) is 0.504. The summed E-state index contributed by atoms with van der Waals surface area (Å²) in [4.78, 5) is 2.16. The highest BCUT2D eigenvalue weighted by Crippen LogP contribution is 1.98. The van der Waals surface area contributed by atoms with Crippen molar-refractivity contribution in [3.63, 3.8) is 0 Å².